The van der Waals surface area contributed by atoms with Gasteiger partial charge in [-0.25, -0.2) is 9.97 Å². The summed E-state index contributed by atoms with van der Waals surface area (Å²) in [6.45, 7) is 0. The van der Waals surface area contributed by atoms with Crippen molar-refractivity contribution in [3.63, 3.8) is 0 Å². The number of nitrogens with zero attached hydrogens (tertiary/aromatic N) is 8. The molecule has 0 amide bonds. The summed E-state index contributed by atoms with van der Waals surface area (Å²) in [4.78, 5) is 11.8. The van der Waals surface area contributed by atoms with Crippen LogP contribution in [0.2, 0.25) is 0 Å². The zero-order chi connectivity index (χ0) is 86.6. The number of hydrogen-bond donors (Lipinski definition) is 0. The molecule has 0 atom stereocenters. The Bertz CT molecular complexity index is 8960. The zero-order valence-electron chi connectivity index (χ0n) is 71.6. The van der Waals surface area contributed by atoms with E-state index in [-0.39, 0.29) is 0 Å². The highest BCUT2D eigenvalue weighted by atomic mass is 15.2. The van der Waals surface area contributed by atoms with Crippen LogP contribution in [0.1, 0.15) is 0 Å². The van der Waals surface area contributed by atoms with E-state index in [1.807, 2.05) is 0 Å². The highest BCUT2D eigenvalue weighted by molar-refractivity contribution is 6.18. The minimum absolute atomic E-state index is 0.553. The lowest BCUT2D eigenvalue weighted by atomic mass is 9.97. The van der Waals surface area contributed by atoms with Crippen molar-refractivity contribution < 1.29 is 0 Å². The van der Waals surface area contributed by atoms with Gasteiger partial charge >= 0.3 is 0 Å². The third-order valence-corrected chi connectivity index (χ3v) is 27.4. The molecule has 8 heteroatoms. The molecule has 0 radical (unpaired) electrons. The third kappa shape index (κ3) is 12.0. The van der Waals surface area contributed by atoms with E-state index in [4.69, 9.17) is 9.97 Å². The van der Waals surface area contributed by atoms with Gasteiger partial charge in [0.1, 0.15) is 0 Å². The van der Waals surface area contributed by atoms with Gasteiger partial charge in [0.15, 0.2) is 0 Å². The molecule has 7 aromatic heterocycles. The summed E-state index contributed by atoms with van der Waals surface area (Å²) < 4.78 is 14.3. The Labute approximate surface area is 759 Å². The Kier molecular flexibility index (Phi) is 16.9. The molecule has 614 valence electrons. The highest BCUT2D eigenvalue weighted by Crippen LogP contribution is 2.47. The van der Waals surface area contributed by atoms with Crippen LogP contribution in [0.25, 0.3) is 254 Å². The lowest BCUT2D eigenvalue weighted by Gasteiger charge is -2.14. The van der Waals surface area contributed by atoms with Gasteiger partial charge in [-0.3, -0.25) is 4.57 Å². The second kappa shape index (κ2) is 30.0. The second-order valence-electron chi connectivity index (χ2n) is 34.8. The molecule has 0 saturated carbocycles. The largest absolute Gasteiger partial charge is 0.309 e. The standard InChI is InChI=1S/C124H78N8/c1-6-27-79(28-7-1)80-29-24-30-81(67-80)82-31-25-32-91(68-82)110-78-111(126-124(125-110)132-122-65-57-89(85-53-61-118-104(72-85)100-45-18-22-49-114(100)129(118)95-38-12-4-13-39-95)76-108(122)109-77-90(58-66-123(109)132)86-54-62-119-105(73-86)101-46-19-23-50-115(101)130(119)96-40-14-5-15-41-96)92-33-26-42-97(69-92)131-120-63-55-87(83-51-59-116-102(70-83)98-43-16-20-47-112(98)127(116)93-34-8-2-9-35-93)74-106(120)107-75-88(56-64-121(107)131)84-52-60-117-103(71-84)99-44-17-21-48-113(99)128(117)94-36-10-3-11-37-94/h1-78H. The predicted molar refractivity (Wildman–Crippen MR) is 552 cm³/mol. The molecule has 0 saturated heterocycles. The van der Waals surface area contributed by atoms with Crippen LogP contribution in [-0.2, 0) is 0 Å². The minimum atomic E-state index is 0.553. The Morgan fingerprint density at radius 1 is 0.114 bits per heavy atom. The van der Waals surface area contributed by atoms with Crippen molar-refractivity contribution in [1.29, 1.82) is 0 Å². The van der Waals surface area contributed by atoms with Crippen LogP contribution in [0.15, 0.2) is 473 Å². The van der Waals surface area contributed by atoms with E-state index < -0.39 is 0 Å². The first-order chi connectivity index (χ1) is 65.4. The van der Waals surface area contributed by atoms with Crippen LogP contribution in [0.3, 0.4) is 0 Å². The average Bonchev–Trinajstić information content (AvgIpc) is 1.56. The first-order valence-electron chi connectivity index (χ1n) is 45.2. The Morgan fingerprint density at radius 3 is 0.621 bits per heavy atom. The number of para-hydroxylation sites is 8. The van der Waals surface area contributed by atoms with Crippen LogP contribution in [-0.4, -0.2) is 37.4 Å². The van der Waals surface area contributed by atoms with Crippen LogP contribution in [0.5, 0.6) is 0 Å². The molecular weight excluding hydrogens is 1600 g/mol. The van der Waals surface area contributed by atoms with Crippen molar-refractivity contribution >= 4 is 131 Å². The van der Waals surface area contributed by atoms with Gasteiger partial charge in [0.05, 0.1) is 77.6 Å². The van der Waals surface area contributed by atoms with Gasteiger partial charge in [-0.2, -0.15) is 0 Å². The Hall–Kier alpha value is -17.7. The first-order valence-corrected chi connectivity index (χ1v) is 45.2. The van der Waals surface area contributed by atoms with E-state index in [2.05, 4.69) is 501 Å². The molecule has 0 unspecified atom stereocenters. The number of hydrogen-bond acceptors (Lipinski definition) is 2. The fourth-order valence-electron chi connectivity index (χ4n) is 21.3. The molecule has 0 bridgehead atoms. The maximum Gasteiger partial charge on any atom is 0.235 e. The van der Waals surface area contributed by atoms with Gasteiger partial charge in [0.25, 0.3) is 0 Å². The summed E-state index contributed by atoms with van der Waals surface area (Å²) in [5.74, 6) is 0.553. The van der Waals surface area contributed by atoms with Crippen LogP contribution < -0.4 is 0 Å². The lowest BCUT2D eigenvalue weighted by molar-refractivity contribution is 0.995. The number of aromatic nitrogens is 8. The molecule has 0 aliphatic heterocycles. The van der Waals surface area contributed by atoms with Gasteiger partial charge in [0, 0.05) is 104 Å². The second-order valence-corrected chi connectivity index (χ2v) is 34.8. The summed E-state index contributed by atoms with van der Waals surface area (Å²) in [5.41, 5.74) is 36.0. The number of fused-ring (bicyclic) bond motifs is 18. The van der Waals surface area contributed by atoms with E-state index in [0.717, 1.165) is 167 Å². The molecule has 7 heterocycles. The molecule has 0 aliphatic rings. The van der Waals surface area contributed by atoms with Gasteiger partial charge in [-0.05, 0) is 267 Å². The fraction of sp³-hybridized carbons (Fsp3) is 0. The molecular formula is C124H78N8. The van der Waals surface area contributed by atoms with Crippen molar-refractivity contribution in [3.05, 3.63) is 473 Å². The SMILES string of the molecule is c1ccc(-c2cccc(-c3cccc(-c4cc(-c5cccc(-n6c7ccc(-c8ccc9c(c8)c8ccccc8n9-c8ccccc8)cc7c7cc(-c8ccc9c(c8)c8ccccc8n9-c8ccccc8)ccc76)c5)nc(-n5c6ccc(-c7ccc8c(c7)c7ccccc7n8-c7ccccc7)cc6c6cc(-c7ccc8c(c7)c7ccccc7n8-c7ccccc7)ccc65)n4)c3)c2)cc1. The fourth-order valence-corrected chi connectivity index (χ4v) is 21.3. The first kappa shape index (κ1) is 74.5. The minimum Gasteiger partial charge on any atom is -0.309 e. The van der Waals surface area contributed by atoms with Crippen LogP contribution >= 0.6 is 0 Å². The normalized spacial score (nSPS) is 11.9. The number of rotatable bonds is 14. The monoisotopic (exact) mass is 1680 g/mol. The summed E-state index contributed by atoms with van der Waals surface area (Å²) >= 11 is 0. The van der Waals surface area contributed by atoms with Crippen molar-refractivity contribution in [2.75, 3.05) is 0 Å². The topological polar surface area (TPSA) is 55.4 Å². The van der Waals surface area contributed by atoms with E-state index in [9.17, 15) is 0 Å². The van der Waals surface area contributed by atoms with E-state index in [1.165, 1.54) is 81.8 Å². The molecule has 0 spiro atoms. The van der Waals surface area contributed by atoms with E-state index in [0.29, 0.717) is 5.95 Å². The maximum absolute atomic E-state index is 5.93. The van der Waals surface area contributed by atoms with Gasteiger partial charge in [-0.15, -0.1) is 0 Å². The Balaban J connectivity index is 0.657. The van der Waals surface area contributed by atoms with Gasteiger partial charge in [0.2, 0.25) is 5.95 Å². The average molecular weight is 1680 g/mol. The highest BCUT2D eigenvalue weighted by Gasteiger charge is 2.26. The number of benzene rings is 20. The van der Waals surface area contributed by atoms with E-state index >= 15 is 0 Å². The van der Waals surface area contributed by atoms with Crippen molar-refractivity contribution in [2.45, 2.75) is 0 Å². The summed E-state index contributed by atoms with van der Waals surface area (Å²) in [6.07, 6.45) is 0. The lowest BCUT2D eigenvalue weighted by Crippen LogP contribution is -2.04. The zero-order valence-corrected chi connectivity index (χ0v) is 71.6. The molecule has 8 nitrogen and oxygen atoms in total. The quantitative estimate of drug-likeness (QED) is 0.109. The van der Waals surface area contributed by atoms with Gasteiger partial charge < -0.3 is 22.8 Å². The van der Waals surface area contributed by atoms with Crippen molar-refractivity contribution in [2.24, 2.45) is 0 Å². The predicted octanol–water partition coefficient (Wildman–Crippen LogP) is 32.4. The van der Waals surface area contributed by atoms with Crippen LogP contribution in [0.4, 0.5) is 0 Å². The maximum atomic E-state index is 5.93. The molecule has 0 N–H and O–H groups in total. The summed E-state index contributed by atoms with van der Waals surface area (Å²) in [7, 11) is 0. The van der Waals surface area contributed by atoms with Crippen molar-refractivity contribution in [3.8, 4) is 124 Å². The summed E-state index contributed by atoms with van der Waals surface area (Å²) in [5, 5.41) is 14.1. The molecule has 27 rings (SSSR count). The molecule has 0 aliphatic carbocycles. The molecule has 20 aromatic carbocycles. The third-order valence-electron chi connectivity index (χ3n) is 27.4. The van der Waals surface area contributed by atoms with Crippen molar-refractivity contribution in [1.82, 2.24) is 37.4 Å². The Morgan fingerprint density at radius 2 is 0.311 bits per heavy atom. The summed E-state index contributed by atoms with van der Waals surface area (Å²) in [6, 6.07) is 174. The van der Waals surface area contributed by atoms with Crippen LogP contribution in [0, 0.1) is 0 Å². The molecule has 0 fully saturated rings. The van der Waals surface area contributed by atoms with E-state index in [1.54, 1.807) is 0 Å². The smallest absolute Gasteiger partial charge is 0.235 e. The molecule has 27 aromatic rings. The molecule has 132 heavy (non-hydrogen) atoms. The van der Waals surface area contributed by atoms with Gasteiger partial charge in [-0.1, -0.05) is 273 Å².